The van der Waals surface area contributed by atoms with Crippen LogP contribution in [-0.4, -0.2) is 90.6 Å². The van der Waals surface area contributed by atoms with Crippen molar-refractivity contribution < 1.29 is 14.7 Å². The summed E-state index contributed by atoms with van der Waals surface area (Å²) in [7, 11) is 3.93. The van der Waals surface area contributed by atoms with Crippen LogP contribution in [0.2, 0.25) is 0 Å². The smallest absolute Gasteiger partial charge is 0.352 e. The molecule has 0 bridgehead atoms. The van der Waals surface area contributed by atoms with Crippen LogP contribution in [0.15, 0.2) is 16.4 Å². The Bertz CT molecular complexity index is 720. The lowest BCUT2D eigenvalue weighted by Crippen LogP contribution is -2.68. The van der Waals surface area contributed by atoms with Crippen molar-refractivity contribution in [2.45, 2.75) is 23.1 Å². The van der Waals surface area contributed by atoms with Gasteiger partial charge in [-0.2, -0.15) is 0 Å². The minimum Gasteiger partial charge on any atom is -0.477 e. The fourth-order valence-corrected chi connectivity index (χ4v) is 4.91. The van der Waals surface area contributed by atoms with E-state index in [0.29, 0.717) is 28.8 Å². The summed E-state index contributed by atoms with van der Waals surface area (Å²) < 4.78 is 1.69. The van der Waals surface area contributed by atoms with Gasteiger partial charge in [0, 0.05) is 18.1 Å². The molecule has 1 aromatic rings. The number of tetrazole rings is 1. The molecule has 1 amide bonds. The van der Waals surface area contributed by atoms with Crippen molar-refractivity contribution in [3.8, 4) is 0 Å². The summed E-state index contributed by atoms with van der Waals surface area (Å²) in [4.78, 5) is 26.9. The van der Waals surface area contributed by atoms with Gasteiger partial charge < -0.3 is 15.7 Å². The number of rotatable bonds is 7. The summed E-state index contributed by atoms with van der Waals surface area (Å²) in [6, 6.07) is -0.619. The van der Waals surface area contributed by atoms with Crippen LogP contribution in [-0.2, 0) is 16.1 Å². The van der Waals surface area contributed by atoms with E-state index in [0.717, 1.165) is 6.54 Å². The largest absolute Gasteiger partial charge is 0.477 e. The number of carboxylic acids is 1. The number of thioether (sulfide) groups is 2. The highest BCUT2D eigenvalue weighted by molar-refractivity contribution is 8.01. The molecule has 0 radical (unpaired) electrons. The summed E-state index contributed by atoms with van der Waals surface area (Å²) >= 11 is 2.86. The van der Waals surface area contributed by atoms with Crippen molar-refractivity contribution in [1.29, 1.82) is 0 Å². The minimum atomic E-state index is -1.10. The summed E-state index contributed by atoms with van der Waals surface area (Å²) in [5.41, 5.74) is 6.48. The molecule has 3 N–H and O–H groups in total. The first-order valence-electron chi connectivity index (χ1n) is 7.59. The Labute approximate surface area is 152 Å². The topological polar surface area (TPSA) is 130 Å². The van der Waals surface area contributed by atoms with Crippen LogP contribution in [0.3, 0.4) is 0 Å². The molecule has 1 fully saturated rings. The zero-order valence-electron chi connectivity index (χ0n) is 13.8. The third-order valence-corrected chi connectivity index (χ3v) is 6.33. The van der Waals surface area contributed by atoms with E-state index in [9.17, 15) is 14.7 Å². The van der Waals surface area contributed by atoms with E-state index in [2.05, 4.69) is 15.5 Å². The van der Waals surface area contributed by atoms with Crippen molar-refractivity contribution in [1.82, 2.24) is 30.0 Å². The lowest BCUT2D eigenvalue weighted by atomic mass is 10.0. The zero-order valence-corrected chi connectivity index (χ0v) is 15.5. The Morgan fingerprint density at radius 3 is 2.96 bits per heavy atom. The normalized spacial score (nSPS) is 23.0. The standard InChI is InChI=1S/C13H19N7O3S2/c1-18(2)3-4-19-13(15-16-17-19)25-6-7-5-24-11-8(14)10(21)20(11)9(7)12(22)23/h8,11H,3-6,14H2,1-2H3,(H,22,23)/t8-,11-/m1/s1. The van der Waals surface area contributed by atoms with Crippen molar-refractivity contribution in [3.63, 3.8) is 0 Å². The average Bonchev–Trinajstić information content (AvgIpc) is 3.03. The summed E-state index contributed by atoms with van der Waals surface area (Å²) in [5.74, 6) is -0.514. The van der Waals surface area contributed by atoms with Crippen LogP contribution >= 0.6 is 23.5 Å². The number of likely N-dealkylation sites (N-methyl/N-ethyl adjacent to an activating group) is 1. The number of carboxylic acid groups (broad SMARTS) is 1. The Kier molecular flexibility index (Phi) is 5.32. The van der Waals surface area contributed by atoms with E-state index in [1.165, 1.54) is 28.4 Å². The van der Waals surface area contributed by atoms with E-state index in [1.807, 2.05) is 19.0 Å². The van der Waals surface area contributed by atoms with Gasteiger partial charge in [0.25, 0.3) is 0 Å². The van der Waals surface area contributed by atoms with Gasteiger partial charge in [0.2, 0.25) is 11.1 Å². The molecule has 0 saturated carbocycles. The molecule has 2 aliphatic heterocycles. The number of hydrogen-bond donors (Lipinski definition) is 2. The van der Waals surface area contributed by atoms with Crippen LogP contribution in [0, 0.1) is 0 Å². The molecule has 1 aromatic heterocycles. The van der Waals surface area contributed by atoms with Crippen molar-refractivity contribution in [2.24, 2.45) is 5.73 Å². The van der Waals surface area contributed by atoms with Crippen LogP contribution < -0.4 is 5.73 Å². The number of β-lactam (4-membered cyclic amide) rings is 1. The molecule has 0 aromatic carbocycles. The molecular formula is C13H19N7O3S2. The average molecular weight is 385 g/mol. The monoisotopic (exact) mass is 385 g/mol. The number of fused-ring (bicyclic) bond motifs is 1. The maximum atomic E-state index is 11.9. The van der Waals surface area contributed by atoms with Crippen molar-refractivity contribution in [3.05, 3.63) is 11.3 Å². The first-order valence-corrected chi connectivity index (χ1v) is 9.63. The molecule has 0 aliphatic carbocycles. The van der Waals surface area contributed by atoms with Crippen LogP contribution in [0.1, 0.15) is 0 Å². The number of carbonyl (C=O) groups is 2. The molecule has 0 unspecified atom stereocenters. The summed E-state index contributed by atoms with van der Waals surface area (Å²) in [5, 5.41) is 21.5. The van der Waals surface area contributed by atoms with Gasteiger partial charge in [-0.05, 0) is 30.1 Å². The van der Waals surface area contributed by atoms with E-state index in [-0.39, 0.29) is 17.0 Å². The fraction of sp³-hybridized carbons (Fsp3) is 0.615. The Morgan fingerprint density at radius 1 is 1.52 bits per heavy atom. The number of amides is 1. The van der Waals surface area contributed by atoms with E-state index < -0.39 is 12.0 Å². The second kappa shape index (κ2) is 7.32. The molecule has 3 rings (SSSR count). The lowest BCUT2D eigenvalue weighted by Gasteiger charge is -2.48. The SMILES string of the molecule is CN(C)CCn1nnnc1SCC1=C(C(=O)O)N2C(=O)[C@@H](N)[C@H]2SC1. The van der Waals surface area contributed by atoms with Crippen LogP contribution in [0.25, 0.3) is 0 Å². The third-order valence-electron chi connectivity index (χ3n) is 3.92. The molecule has 10 nitrogen and oxygen atoms in total. The molecule has 0 spiro atoms. The number of carbonyl (C=O) groups excluding carboxylic acids is 1. The van der Waals surface area contributed by atoms with Gasteiger partial charge in [0.1, 0.15) is 17.1 Å². The van der Waals surface area contributed by atoms with Crippen LogP contribution in [0.5, 0.6) is 0 Å². The molecule has 3 heterocycles. The first kappa shape index (κ1) is 18.2. The van der Waals surface area contributed by atoms with E-state index >= 15 is 0 Å². The summed E-state index contributed by atoms with van der Waals surface area (Å²) in [6.45, 7) is 1.43. The van der Waals surface area contributed by atoms with Gasteiger partial charge in [-0.1, -0.05) is 11.8 Å². The highest BCUT2D eigenvalue weighted by Gasteiger charge is 2.51. The van der Waals surface area contributed by atoms with Crippen LogP contribution in [0.4, 0.5) is 0 Å². The van der Waals surface area contributed by atoms with Gasteiger partial charge in [-0.15, -0.1) is 16.9 Å². The fourth-order valence-electron chi connectivity index (χ4n) is 2.58. The number of nitrogens with two attached hydrogens (primary N) is 1. The number of nitrogens with zero attached hydrogens (tertiary/aromatic N) is 6. The Morgan fingerprint density at radius 2 is 2.28 bits per heavy atom. The Balaban J connectivity index is 1.73. The second-order valence-corrected chi connectivity index (χ2v) is 8.02. The zero-order chi connectivity index (χ0) is 18.1. The number of aliphatic carboxylic acids is 1. The molecule has 12 heteroatoms. The van der Waals surface area contributed by atoms with Gasteiger partial charge >= 0.3 is 5.97 Å². The molecule has 2 aliphatic rings. The molecule has 1 saturated heterocycles. The second-order valence-electron chi connectivity index (χ2n) is 5.97. The first-order chi connectivity index (χ1) is 11.9. The maximum Gasteiger partial charge on any atom is 0.352 e. The number of aromatic nitrogens is 4. The van der Waals surface area contributed by atoms with Gasteiger partial charge in [-0.25, -0.2) is 9.48 Å². The van der Waals surface area contributed by atoms with Gasteiger partial charge in [0.15, 0.2) is 0 Å². The van der Waals surface area contributed by atoms with E-state index in [4.69, 9.17) is 5.73 Å². The highest BCUT2D eigenvalue weighted by Crippen LogP contribution is 2.40. The van der Waals surface area contributed by atoms with Crippen molar-refractivity contribution >= 4 is 35.4 Å². The molecule has 25 heavy (non-hydrogen) atoms. The highest BCUT2D eigenvalue weighted by atomic mass is 32.2. The summed E-state index contributed by atoms with van der Waals surface area (Å²) in [6.07, 6.45) is 0. The minimum absolute atomic E-state index is 0.0512. The molecule has 136 valence electrons. The molecular weight excluding hydrogens is 366 g/mol. The predicted molar refractivity (Wildman–Crippen MR) is 92.8 cm³/mol. The van der Waals surface area contributed by atoms with E-state index in [1.54, 1.807) is 4.68 Å². The lowest BCUT2D eigenvalue weighted by molar-refractivity contribution is -0.147. The van der Waals surface area contributed by atoms with Gasteiger partial charge in [-0.3, -0.25) is 9.69 Å². The van der Waals surface area contributed by atoms with Crippen molar-refractivity contribution in [2.75, 3.05) is 32.1 Å². The molecule has 2 atom stereocenters. The third kappa shape index (κ3) is 3.52. The maximum absolute atomic E-state index is 11.9. The quantitative estimate of drug-likeness (QED) is 0.441. The predicted octanol–water partition coefficient (Wildman–Crippen LogP) is -1.09. The number of hydrogen-bond acceptors (Lipinski definition) is 9. The van der Waals surface area contributed by atoms with Gasteiger partial charge in [0.05, 0.1) is 6.54 Å². The Hall–Kier alpha value is -1.63.